The van der Waals surface area contributed by atoms with Crippen LogP contribution < -0.4 is 15.6 Å². The molecule has 0 spiro atoms. The Kier molecular flexibility index (Phi) is 8.28. The van der Waals surface area contributed by atoms with Crippen LogP contribution in [0.15, 0.2) is 47.6 Å². The fraction of sp³-hybridized carbons (Fsp3) is 0.273. The fourth-order valence-corrected chi connectivity index (χ4v) is 3.29. The number of halogens is 1. The van der Waals surface area contributed by atoms with Crippen LogP contribution in [0.5, 0.6) is 0 Å². The summed E-state index contributed by atoms with van der Waals surface area (Å²) in [5, 5.41) is 18.6. The van der Waals surface area contributed by atoms with Crippen molar-refractivity contribution in [3.8, 4) is 0 Å². The molecular formula is C22H25ClN8O3. The Balaban J connectivity index is 0.00000324. The zero-order valence-electron chi connectivity index (χ0n) is 18.8. The summed E-state index contributed by atoms with van der Waals surface area (Å²) in [5.74, 6) is 1.07. The molecule has 2 heterocycles. The molecule has 0 bridgehead atoms. The summed E-state index contributed by atoms with van der Waals surface area (Å²) in [4.78, 5) is 26.3. The van der Waals surface area contributed by atoms with Crippen LogP contribution in [0.2, 0.25) is 0 Å². The van der Waals surface area contributed by atoms with Gasteiger partial charge >= 0.3 is 0 Å². The van der Waals surface area contributed by atoms with Gasteiger partial charge in [-0.1, -0.05) is 24.3 Å². The lowest BCUT2D eigenvalue weighted by Gasteiger charge is -2.27. The minimum absolute atomic E-state index is 0. The first-order valence-corrected chi connectivity index (χ1v) is 10.4. The van der Waals surface area contributed by atoms with Crippen molar-refractivity contribution in [3.63, 3.8) is 0 Å². The second-order valence-corrected chi connectivity index (χ2v) is 7.51. The molecule has 1 aliphatic rings. The Morgan fingerprint density at radius 3 is 2.59 bits per heavy atom. The second-order valence-electron chi connectivity index (χ2n) is 7.51. The van der Waals surface area contributed by atoms with Gasteiger partial charge in [0.25, 0.3) is 5.69 Å². The molecule has 1 saturated heterocycles. The van der Waals surface area contributed by atoms with E-state index in [-0.39, 0.29) is 24.0 Å². The molecule has 1 fully saturated rings. The number of benzene rings is 2. The van der Waals surface area contributed by atoms with E-state index in [4.69, 9.17) is 4.74 Å². The number of hydrazone groups is 1. The third-order valence-corrected chi connectivity index (χ3v) is 5.06. The Bertz CT molecular complexity index is 1180. The Morgan fingerprint density at radius 1 is 1.09 bits per heavy atom. The van der Waals surface area contributed by atoms with Crippen LogP contribution in [0.3, 0.4) is 0 Å². The number of nitrogens with zero attached hydrogens (tertiary/aromatic N) is 6. The van der Waals surface area contributed by atoms with Gasteiger partial charge in [0.2, 0.25) is 17.8 Å². The number of anilines is 4. The zero-order chi connectivity index (χ0) is 23.2. The van der Waals surface area contributed by atoms with E-state index in [1.807, 2.05) is 36.9 Å². The molecule has 0 unspecified atom stereocenters. The Morgan fingerprint density at radius 2 is 1.82 bits per heavy atom. The van der Waals surface area contributed by atoms with Crippen molar-refractivity contribution in [2.75, 3.05) is 41.9 Å². The molecule has 12 heteroatoms. The normalized spacial score (nSPS) is 13.4. The Hall–Kier alpha value is -3.83. The van der Waals surface area contributed by atoms with Crippen LogP contribution in [0.25, 0.3) is 0 Å². The summed E-state index contributed by atoms with van der Waals surface area (Å²) >= 11 is 0. The average Bonchev–Trinajstić information content (AvgIpc) is 2.82. The van der Waals surface area contributed by atoms with Crippen LogP contribution in [-0.2, 0) is 4.74 Å². The SMILES string of the molecule is Cc1ccc(C)c(Nc2nc(NN=Cc3ccccc3[N+](=O)[O-])nc(N3CCOCC3)n2)c1.Cl. The third-order valence-electron chi connectivity index (χ3n) is 5.06. The van der Waals surface area contributed by atoms with Crippen LogP contribution in [0.1, 0.15) is 16.7 Å². The molecule has 0 aliphatic carbocycles. The van der Waals surface area contributed by atoms with Crippen molar-refractivity contribution in [1.29, 1.82) is 0 Å². The van der Waals surface area contributed by atoms with Crippen molar-refractivity contribution in [2.24, 2.45) is 5.10 Å². The predicted molar refractivity (Wildman–Crippen MR) is 134 cm³/mol. The molecule has 0 amide bonds. The molecule has 0 radical (unpaired) electrons. The van der Waals surface area contributed by atoms with Gasteiger partial charge in [-0.2, -0.15) is 20.1 Å². The summed E-state index contributed by atoms with van der Waals surface area (Å²) in [7, 11) is 0. The molecule has 0 atom stereocenters. The van der Waals surface area contributed by atoms with E-state index in [1.54, 1.807) is 18.2 Å². The van der Waals surface area contributed by atoms with Gasteiger partial charge in [-0.3, -0.25) is 10.1 Å². The lowest BCUT2D eigenvalue weighted by Crippen LogP contribution is -2.37. The maximum Gasteiger partial charge on any atom is 0.278 e. The second kappa shape index (κ2) is 11.3. The highest BCUT2D eigenvalue weighted by atomic mass is 35.5. The topological polar surface area (TPSA) is 131 Å². The first-order valence-electron chi connectivity index (χ1n) is 10.4. The largest absolute Gasteiger partial charge is 0.378 e. The molecule has 34 heavy (non-hydrogen) atoms. The maximum absolute atomic E-state index is 11.2. The number of morpholine rings is 1. The van der Waals surface area contributed by atoms with Crippen molar-refractivity contribution in [1.82, 2.24) is 15.0 Å². The monoisotopic (exact) mass is 484 g/mol. The third kappa shape index (κ3) is 6.15. The average molecular weight is 485 g/mol. The molecule has 2 aromatic carbocycles. The predicted octanol–water partition coefficient (Wildman–Crippen LogP) is 3.84. The number of aromatic nitrogens is 3. The highest BCUT2D eigenvalue weighted by molar-refractivity contribution is 5.85. The summed E-state index contributed by atoms with van der Waals surface area (Å²) < 4.78 is 5.43. The van der Waals surface area contributed by atoms with Gasteiger partial charge in [0.15, 0.2) is 0 Å². The van der Waals surface area contributed by atoms with Crippen molar-refractivity contribution in [2.45, 2.75) is 13.8 Å². The highest BCUT2D eigenvalue weighted by Crippen LogP contribution is 2.22. The number of nitrogens with one attached hydrogen (secondary N) is 2. The first kappa shape index (κ1) is 24.8. The van der Waals surface area contributed by atoms with Gasteiger partial charge in [0.05, 0.1) is 29.9 Å². The van der Waals surface area contributed by atoms with E-state index in [9.17, 15) is 10.1 Å². The van der Waals surface area contributed by atoms with E-state index in [0.29, 0.717) is 43.8 Å². The van der Waals surface area contributed by atoms with Crippen molar-refractivity contribution < 1.29 is 9.66 Å². The van der Waals surface area contributed by atoms with Gasteiger partial charge in [-0.15, -0.1) is 12.4 Å². The quantitative estimate of drug-likeness (QED) is 0.291. The van der Waals surface area contributed by atoms with E-state index >= 15 is 0 Å². The van der Waals surface area contributed by atoms with Crippen LogP contribution >= 0.6 is 12.4 Å². The molecule has 4 rings (SSSR count). The van der Waals surface area contributed by atoms with Gasteiger partial charge in [-0.05, 0) is 37.1 Å². The number of hydrogen-bond donors (Lipinski definition) is 2. The number of para-hydroxylation sites is 1. The molecule has 11 nitrogen and oxygen atoms in total. The number of hydrogen-bond acceptors (Lipinski definition) is 10. The number of nitro benzene ring substituents is 1. The number of rotatable bonds is 7. The molecule has 1 aromatic heterocycles. The summed E-state index contributed by atoms with van der Waals surface area (Å²) in [6, 6.07) is 12.4. The van der Waals surface area contributed by atoms with E-state index in [0.717, 1.165) is 16.8 Å². The molecule has 0 saturated carbocycles. The summed E-state index contributed by atoms with van der Waals surface area (Å²) in [5.41, 5.74) is 6.16. The van der Waals surface area contributed by atoms with Crippen molar-refractivity contribution >= 4 is 47.8 Å². The lowest BCUT2D eigenvalue weighted by atomic mass is 10.1. The fourth-order valence-electron chi connectivity index (χ4n) is 3.29. The van der Waals surface area contributed by atoms with E-state index < -0.39 is 4.92 Å². The lowest BCUT2D eigenvalue weighted by molar-refractivity contribution is -0.385. The van der Waals surface area contributed by atoms with Crippen LogP contribution in [0.4, 0.5) is 29.2 Å². The van der Waals surface area contributed by atoms with E-state index in [1.165, 1.54) is 12.3 Å². The van der Waals surface area contributed by atoms with E-state index in [2.05, 4.69) is 30.8 Å². The highest BCUT2D eigenvalue weighted by Gasteiger charge is 2.17. The minimum atomic E-state index is -0.451. The molecule has 2 N–H and O–H groups in total. The maximum atomic E-state index is 11.2. The van der Waals surface area contributed by atoms with Gasteiger partial charge in [0.1, 0.15) is 0 Å². The van der Waals surface area contributed by atoms with Gasteiger partial charge in [-0.25, -0.2) is 5.43 Å². The molecule has 1 aliphatic heterocycles. The minimum Gasteiger partial charge on any atom is -0.378 e. The van der Waals surface area contributed by atoms with Crippen LogP contribution in [0, 0.1) is 24.0 Å². The smallest absolute Gasteiger partial charge is 0.278 e. The first-order chi connectivity index (χ1) is 16.0. The van der Waals surface area contributed by atoms with Gasteiger partial charge in [0, 0.05) is 24.8 Å². The van der Waals surface area contributed by atoms with Crippen LogP contribution in [-0.4, -0.2) is 52.4 Å². The number of ether oxygens (including phenoxy) is 1. The molecule has 178 valence electrons. The number of aryl methyl sites for hydroxylation is 2. The van der Waals surface area contributed by atoms with Gasteiger partial charge < -0.3 is 15.0 Å². The molecular weight excluding hydrogens is 460 g/mol. The zero-order valence-corrected chi connectivity index (χ0v) is 19.6. The van der Waals surface area contributed by atoms with Crippen molar-refractivity contribution in [3.05, 3.63) is 69.3 Å². The Labute approximate surface area is 202 Å². The number of nitro groups is 1. The summed E-state index contributed by atoms with van der Waals surface area (Å²) in [6.07, 6.45) is 1.37. The summed E-state index contributed by atoms with van der Waals surface area (Å²) in [6.45, 7) is 6.51. The standard InChI is InChI=1S/C22H24N8O3.ClH/c1-15-7-8-16(2)18(13-15)24-20-25-21(27-22(26-20)29-9-11-33-12-10-29)28-23-14-17-5-3-4-6-19(17)30(31)32;/h3-8,13-14H,9-12H2,1-2H3,(H2,24,25,26,27,28);1H. The molecule has 3 aromatic rings.